The molecule has 2 aliphatic heterocycles. The van der Waals surface area contributed by atoms with Crippen molar-refractivity contribution in [3.63, 3.8) is 0 Å². The molecule has 0 bridgehead atoms. The smallest absolute Gasteiger partial charge is 0.534 e. The molecular formula is C24H24BClFN5O9. The van der Waals surface area contributed by atoms with Crippen molar-refractivity contribution < 1.29 is 48.3 Å². The molecule has 1 unspecified atom stereocenters. The van der Waals surface area contributed by atoms with Crippen molar-refractivity contribution in [3.05, 3.63) is 57.9 Å². The Morgan fingerprint density at radius 3 is 2.61 bits per heavy atom. The molecule has 17 heteroatoms. The highest BCUT2D eigenvalue weighted by atomic mass is 35.5. The number of piperazine rings is 1. The van der Waals surface area contributed by atoms with E-state index in [1.807, 2.05) is 0 Å². The second-order valence-corrected chi connectivity index (χ2v) is 9.59. The van der Waals surface area contributed by atoms with Gasteiger partial charge < -0.3 is 41.2 Å². The summed E-state index contributed by atoms with van der Waals surface area (Å²) in [6, 6.07) is 3.13. The number of phenolic OH excluding ortho intramolecular Hbond substituents is 1. The number of benzene rings is 2. The van der Waals surface area contributed by atoms with Crippen molar-refractivity contribution in [2.75, 3.05) is 26.2 Å². The summed E-state index contributed by atoms with van der Waals surface area (Å²) in [7, 11) is -1.71. The Labute approximate surface area is 236 Å². The first-order chi connectivity index (χ1) is 19.4. The minimum absolute atomic E-state index is 0.00489. The van der Waals surface area contributed by atoms with Crippen LogP contribution in [0.15, 0.2) is 30.3 Å². The number of hydrogen-bond acceptors (Lipinski definition) is 9. The van der Waals surface area contributed by atoms with E-state index in [9.17, 15) is 43.6 Å². The molecule has 2 heterocycles. The largest absolute Gasteiger partial charge is 0.547 e. The van der Waals surface area contributed by atoms with Gasteiger partial charge in [-0.2, -0.15) is 0 Å². The lowest BCUT2D eigenvalue weighted by Crippen LogP contribution is -2.60. The van der Waals surface area contributed by atoms with Crippen LogP contribution in [-0.2, 0) is 20.8 Å². The number of para-hydroxylation sites is 1. The zero-order valence-corrected chi connectivity index (χ0v) is 21.9. The van der Waals surface area contributed by atoms with Gasteiger partial charge in [0.25, 0.3) is 0 Å². The Morgan fingerprint density at radius 1 is 1.22 bits per heavy atom. The number of nitrogens with zero attached hydrogens (tertiary/aromatic N) is 2. The number of rotatable bonds is 7. The van der Waals surface area contributed by atoms with Gasteiger partial charge in [0.15, 0.2) is 11.6 Å². The maximum Gasteiger partial charge on any atom is 0.547 e. The molecule has 0 spiro atoms. The molecule has 0 saturated carbocycles. The maximum atomic E-state index is 14.4. The van der Waals surface area contributed by atoms with Gasteiger partial charge in [-0.05, 0) is 35.7 Å². The lowest BCUT2D eigenvalue weighted by molar-refractivity contribution is -0.153. The van der Waals surface area contributed by atoms with Gasteiger partial charge in [0, 0.05) is 26.2 Å². The molecule has 1 saturated heterocycles. The fourth-order valence-corrected chi connectivity index (χ4v) is 4.69. The molecule has 216 valence electrons. The van der Waals surface area contributed by atoms with E-state index in [0.29, 0.717) is 10.5 Å². The van der Waals surface area contributed by atoms with Crippen LogP contribution in [0.5, 0.6) is 11.5 Å². The number of carbonyl (C=O) groups is 5. The van der Waals surface area contributed by atoms with Crippen molar-refractivity contribution in [2.24, 2.45) is 5.73 Å². The number of carboxylic acids is 1. The molecule has 14 nitrogen and oxygen atoms in total. The van der Waals surface area contributed by atoms with Gasteiger partial charge in [0.1, 0.15) is 11.8 Å². The Balaban J connectivity index is 1.59. The predicted molar refractivity (Wildman–Crippen MR) is 139 cm³/mol. The number of phenols is 1. The number of hydrogen-bond donors (Lipinski definition) is 6. The Hall–Kier alpha value is -4.41. The number of carbonyl (C=O) groups excluding carboxylic acids is 4. The summed E-state index contributed by atoms with van der Waals surface area (Å²) < 4.78 is 19.7. The van der Waals surface area contributed by atoms with E-state index in [2.05, 4.69) is 10.6 Å². The zero-order valence-electron chi connectivity index (χ0n) is 21.2. The molecule has 5 amide bonds. The van der Waals surface area contributed by atoms with Gasteiger partial charge in [-0.25, -0.2) is 14.0 Å². The van der Waals surface area contributed by atoms with Crippen LogP contribution in [-0.4, -0.2) is 94.0 Å². The molecule has 2 aromatic rings. The first-order valence-electron chi connectivity index (χ1n) is 12.2. The van der Waals surface area contributed by atoms with Crippen molar-refractivity contribution in [1.82, 2.24) is 20.4 Å². The van der Waals surface area contributed by atoms with Gasteiger partial charge >= 0.3 is 30.9 Å². The van der Waals surface area contributed by atoms with Gasteiger partial charge in [-0.3, -0.25) is 19.3 Å². The summed E-state index contributed by atoms with van der Waals surface area (Å²) in [5.41, 5.74) is 5.36. The molecule has 0 radical (unpaired) electrons. The number of urea groups is 1. The first kappa shape index (κ1) is 29.6. The lowest BCUT2D eigenvalue weighted by Gasteiger charge is -2.33. The average molecular weight is 592 g/mol. The van der Waals surface area contributed by atoms with E-state index in [1.54, 1.807) is 0 Å². The molecule has 41 heavy (non-hydrogen) atoms. The fraction of sp³-hybridized carbons (Fsp3) is 0.292. The second kappa shape index (κ2) is 12.0. The van der Waals surface area contributed by atoms with E-state index < -0.39 is 65.4 Å². The van der Waals surface area contributed by atoms with Crippen LogP contribution in [0.25, 0.3) is 0 Å². The predicted octanol–water partition coefficient (Wildman–Crippen LogP) is -0.597. The summed E-state index contributed by atoms with van der Waals surface area (Å²) >= 11 is 5.89. The van der Waals surface area contributed by atoms with Crippen LogP contribution >= 0.6 is 11.6 Å². The fourth-order valence-electron chi connectivity index (χ4n) is 4.47. The third-order valence-corrected chi connectivity index (χ3v) is 6.82. The van der Waals surface area contributed by atoms with Crippen LogP contribution in [0.3, 0.4) is 0 Å². The van der Waals surface area contributed by atoms with Crippen molar-refractivity contribution in [2.45, 2.75) is 18.4 Å². The number of nitrogens with two attached hydrogens (primary N) is 1. The van der Waals surface area contributed by atoms with Crippen molar-refractivity contribution in [3.8, 4) is 11.5 Å². The molecule has 7 N–H and O–H groups in total. The SMILES string of the molecule is NCCN1CCN(C(=O)NC(C(=O)N[C@H]2Cc3cccc(C(=O)O)c3OB2O)c2cc(F)c(O)c(Cl)c2)C(=O)C1=O. The van der Waals surface area contributed by atoms with Crippen LogP contribution in [0, 0.1) is 5.82 Å². The number of aromatic carboxylic acids is 1. The lowest BCUT2D eigenvalue weighted by atomic mass is 9.72. The third kappa shape index (κ3) is 6.03. The molecule has 1 fully saturated rings. The highest BCUT2D eigenvalue weighted by Gasteiger charge is 2.41. The molecule has 4 rings (SSSR count). The van der Waals surface area contributed by atoms with E-state index in [1.165, 1.54) is 23.1 Å². The highest BCUT2D eigenvalue weighted by Crippen LogP contribution is 2.32. The van der Waals surface area contributed by atoms with Crippen LogP contribution in [0.1, 0.15) is 27.5 Å². The van der Waals surface area contributed by atoms with Crippen LogP contribution in [0.2, 0.25) is 5.02 Å². The summed E-state index contributed by atoms with van der Waals surface area (Å²) in [6.07, 6.45) is -0.0786. The zero-order chi connectivity index (χ0) is 30.0. The topological polar surface area (TPSA) is 212 Å². The molecule has 2 aliphatic rings. The number of aromatic hydroxyl groups is 1. The van der Waals surface area contributed by atoms with Crippen LogP contribution in [0.4, 0.5) is 9.18 Å². The van der Waals surface area contributed by atoms with Gasteiger partial charge in [-0.1, -0.05) is 23.7 Å². The number of imide groups is 1. The van der Waals surface area contributed by atoms with Gasteiger partial charge in [0.05, 0.1) is 16.5 Å². The average Bonchev–Trinajstić information content (AvgIpc) is 2.92. The van der Waals surface area contributed by atoms with Crippen molar-refractivity contribution in [1.29, 1.82) is 0 Å². The Morgan fingerprint density at radius 2 is 1.95 bits per heavy atom. The monoisotopic (exact) mass is 591 g/mol. The minimum Gasteiger partial charge on any atom is -0.534 e. The standard InChI is InChI=1S/C24H24BClFN5O9/c26-14-8-12(9-15(27)18(14)33)17(30-24(39)32-7-6-31(5-4-28)21(35)22(32)36)20(34)29-16-10-11-2-1-3-13(23(37)38)19(11)41-25(16)40/h1-3,8-9,16-17,33,40H,4-7,10,28H2,(H,29,34)(H,30,39)(H,37,38)/t16-,17?/m0/s1. The number of fused-ring (bicyclic) bond motifs is 1. The highest BCUT2D eigenvalue weighted by molar-refractivity contribution is 6.47. The van der Waals surface area contributed by atoms with Gasteiger partial charge in [0.2, 0.25) is 5.91 Å². The molecule has 0 aliphatic carbocycles. The summed E-state index contributed by atoms with van der Waals surface area (Å²) in [5.74, 6) is -7.78. The number of amides is 5. The van der Waals surface area contributed by atoms with E-state index in [-0.39, 0.29) is 49.5 Å². The van der Waals surface area contributed by atoms with E-state index in [0.717, 1.165) is 12.1 Å². The molecule has 2 aromatic carbocycles. The molecule has 0 aromatic heterocycles. The normalized spacial score (nSPS) is 17.5. The van der Waals surface area contributed by atoms with E-state index in [4.69, 9.17) is 22.0 Å². The van der Waals surface area contributed by atoms with Crippen molar-refractivity contribution >= 4 is 48.4 Å². The molecular weight excluding hydrogens is 568 g/mol. The summed E-state index contributed by atoms with van der Waals surface area (Å²) in [6.45, 7) is -0.0267. The number of halogens is 2. The first-order valence-corrected chi connectivity index (χ1v) is 12.6. The number of carboxylic acid groups (broad SMARTS) is 1. The molecule has 2 atom stereocenters. The second-order valence-electron chi connectivity index (χ2n) is 9.18. The summed E-state index contributed by atoms with van der Waals surface area (Å²) in [4.78, 5) is 64.7. The quantitative estimate of drug-likeness (QED) is 0.178. The maximum absolute atomic E-state index is 14.4. The Kier molecular flexibility index (Phi) is 8.65. The summed E-state index contributed by atoms with van der Waals surface area (Å²) in [5, 5.41) is 33.9. The van der Waals surface area contributed by atoms with Crippen LogP contribution < -0.4 is 21.0 Å². The minimum atomic E-state index is -1.74. The van der Waals surface area contributed by atoms with Gasteiger partial charge in [-0.15, -0.1) is 0 Å². The Bertz CT molecular complexity index is 1410. The van der Waals surface area contributed by atoms with E-state index >= 15 is 0 Å². The third-order valence-electron chi connectivity index (χ3n) is 6.53. The number of nitrogens with one attached hydrogen (secondary N) is 2.